The molecule has 10 heteroatoms. The minimum Gasteiger partial charge on any atom is -0.507 e. The third kappa shape index (κ3) is 15.1. The average Bonchev–Trinajstić information content (AvgIpc) is 2.92. The van der Waals surface area contributed by atoms with Gasteiger partial charge in [0.1, 0.15) is 22.6 Å². The standard InChI is InChI=1S/C16H37P.C8H5F3O3.C7H6O3/c1-5-9-13-17(14-10-6-2,15-11-7-3)16-12-8-4;9-8(10,11)4-1-2-5(7(13)14)6(12)3-4;8-6-4-2-1-3-5(6)7(9)10/h17H,5-16H2,1-4H3;1-3,12H,(H,13,14);1-4,8H,(H,9,10). The van der Waals surface area contributed by atoms with Crippen LogP contribution in [0.2, 0.25) is 0 Å². The van der Waals surface area contributed by atoms with Crippen LogP contribution in [0.15, 0.2) is 42.5 Å². The molecule has 2 rings (SSSR count). The van der Waals surface area contributed by atoms with E-state index in [0.717, 1.165) is 0 Å². The first-order chi connectivity index (χ1) is 19.3. The van der Waals surface area contributed by atoms with E-state index in [9.17, 15) is 22.8 Å². The predicted octanol–water partition coefficient (Wildman–Crippen LogP) is 9.14. The molecule has 0 heterocycles. The molecule has 0 aromatic heterocycles. The smallest absolute Gasteiger partial charge is 0.416 e. The molecule has 0 aliphatic carbocycles. The van der Waals surface area contributed by atoms with E-state index in [1.54, 1.807) is 36.8 Å². The summed E-state index contributed by atoms with van der Waals surface area (Å²) in [6, 6.07) is 7.50. The molecule has 41 heavy (non-hydrogen) atoms. The molecule has 0 atom stereocenters. The minimum absolute atomic E-state index is 0.0671. The quantitative estimate of drug-likeness (QED) is 0.160. The largest absolute Gasteiger partial charge is 0.507 e. The molecular formula is C31H48F3O6P. The molecule has 2 aromatic rings. The third-order valence-corrected chi connectivity index (χ3v) is 12.6. The maximum absolute atomic E-state index is 12.0. The number of phenols is 2. The van der Waals surface area contributed by atoms with Gasteiger partial charge in [0.25, 0.3) is 0 Å². The van der Waals surface area contributed by atoms with Crippen molar-refractivity contribution < 1.29 is 43.2 Å². The van der Waals surface area contributed by atoms with Crippen LogP contribution in [-0.2, 0) is 6.18 Å². The van der Waals surface area contributed by atoms with Crippen LogP contribution in [-0.4, -0.2) is 57.0 Å². The van der Waals surface area contributed by atoms with Gasteiger partial charge in [-0.25, -0.2) is 9.59 Å². The summed E-state index contributed by atoms with van der Waals surface area (Å²) < 4.78 is 36.1. The maximum Gasteiger partial charge on any atom is 0.416 e. The molecule has 0 radical (unpaired) electrons. The molecule has 0 fully saturated rings. The number of aromatic carboxylic acids is 2. The van der Waals surface area contributed by atoms with Crippen molar-refractivity contribution in [2.24, 2.45) is 0 Å². The molecule has 0 aliphatic rings. The molecule has 4 N–H and O–H groups in total. The topological polar surface area (TPSA) is 115 Å². The number of unbranched alkanes of at least 4 members (excludes halogenated alkanes) is 4. The normalized spacial score (nSPS) is 11.5. The number of para-hydroxylation sites is 1. The van der Waals surface area contributed by atoms with Gasteiger partial charge in [-0.1, -0.05) is 12.1 Å². The van der Waals surface area contributed by atoms with Crippen LogP contribution in [0, 0.1) is 0 Å². The Balaban J connectivity index is 0.000000603. The fraction of sp³-hybridized carbons (Fsp3) is 0.548. The first kappa shape index (κ1) is 38.2. The van der Waals surface area contributed by atoms with Gasteiger partial charge >= 0.3 is 129 Å². The van der Waals surface area contributed by atoms with Crippen LogP contribution in [0.25, 0.3) is 0 Å². The Morgan fingerprint density at radius 1 is 0.659 bits per heavy atom. The summed E-state index contributed by atoms with van der Waals surface area (Å²) in [5.74, 6) is -3.68. The van der Waals surface area contributed by atoms with Crippen molar-refractivity contribution in [3.8, 4) is 11.5 Å². The molecule has 0 saturated carbocycles. The van der Waals surface area contributed by atoms with Crippen LogP contribution in [0.1, 0.15) is 105 Å². The van der Waals surface area contributed by atoms with Gasteiger partial charge in [0.15, 0.2) is 0 Å². The number of aromatic hydroxyl groups is 2. The number of alkyl halides is 3. The van der Waals surface area contributed by atoms with Crippen LogP contribution in [0.5, 0.6) is 11.5 Å². The number of carboxylic acid groups (broad SMARTS) is 2. The van der Waals surface area contributed by atoms with Gasteiger partial charge in [0, 0.05) is 0 Å². The number of benzene rings is 2. The zero-order chi connectivity index (χ0) is 31.5. The summed E-state index contributed by atoms with van der Waals surface area (Å²) in [4.78, 5) is 20.6. The number of halogens is 3. The van der Waals surface area contributed by atoms with Crippen LogP contribution in [0.3, 0.4) is 0 Å². The number of hydrogen-bond donors (Lipinski definition) is 4. The minimum atomic E-state index is -4.59. The molecule has 0 aliphatic heterocycles. The summed E-state index contributed by atoms with van der Waals surface area (Å²) in [6.07, 6.45) is 13.5. The summed E-state index contributed by atoms with van der Waals surface area (Å²) in [7, 11) is -0.879. The number of carboxylic acids is 2. The summed E-state index contributed by atoms with van der Waals surface area (Å²) in [5, 5.41) is 34.7. The molecule has 6 nitrogen and oxygen atoms in total. The molecule has 2 aromatic carbocycles. The summed E-state index contributed by atoms with van der Waals surface area (Å²) in [6.45, 7) is 9.44. The van der Waals surface area contributed by atoms with Crippen LogP contribution in [0.4, 0.5) is 13.2 Å². The fourth-order valence-electron chi connectivity index (χ4n) is 4.50. The van der Waals surface area contributed by atoms with E-state index in [-0.39, 0.29) is 11.3 Å². The van der Waals surface area contributed by atoms with Gasteiger partial charge in [-0.2, -0.15) is 13.2 Å². The third-order valence-electron chi connectivity index (χ3n) is 6.93. The zero-order valence-electron chi connectivity index (χ0n) is 24.8. The van der Waals surface area contributed by atoms with E-state index in [0.29, 0.717) is 18.2 Å². The van der Waals surface area contributed by atoms with Crippen molar-refractivity contribution in [1.82, 2.24) is 0 Å². The Hall–Kier alpha value is -2.80. The average molecular weight is 605 g/mol. The van der Waals surface area contributed by atoms with Gasteiger partial charge < -0.3 is 20.4 Å². The molecule has 0 saturated heterocycles. The van der Waals surface area contributed by atoms with Crippen molar-refractivity contribution in [1.29, 1.82) is 0 Å². The van der Waals surface area contributed by atoms with Gasteiger partial charge in [0.2, 0.25) is 0 Å². The Kier molecular flexibility index (Phi) is 18.8. The van der Waals surface area contributed by atoms with Crippen molar-refractivity contribution in [2.45, 2.75) is 85.2 Å². The van der Waals surface area contributed by atoms with E-state index < -0.39 is 42.3 Å². The Bertz CT molecular complexity index is 1010. The van der Waals surface area contributed by atoms with Crippen molar-refractivity contribution in [3.63, 3.8) is 0 Å². The molecule has 0 amide bonds. The number of carbonyl (C=O) groups is 2. The Morgan fingerprint density at radius 2 is 1.05 bits per heavy atom. The van der Waals surface area contributed by atoms with E-state index in [2.05, 4.69) is 27.7 Å². The van der Waals surface area contributed by atoms with E-state index in [4.69, 9.17) is 20.4 Å². The van der Waals surface area contributed by atoms with E-state index in [1.165, 1.54) is 63.5 Å². The molecular weight excluding hydrogens is 556 g/mol. The van der Waals surface area contributed by atoms with Gasteiger partial charge in [0.05, 0.1) is 5.56 Å². The van der Waals surface area contributed by atoms with E-state index >= 15 is 0 Å². The fourth-order valence-corrected chi connectivity index (χ4v) is 10.4. The maximum atomic E-state index is 12.0. The van der Waals surface area contributed by atoms with Crippen LogP contribution >= 0.6 is 7.26 Å². The molecule has 0 bridgehead atoms. The second-order valence-electron chi connectivity index (χ2n) is 10.3. The predicted molar refractivity (Wildman–Crippen MR) is 163 cm³/mol. The number of hydrogen-bond acceptors (Lipinski definition) is 4. The molecule has 0 unspecified atom stereocenters. The summed E-state index contributed by atoms with van der Waals surface area (Å²) >= 11 is 0. The van der Waals surface area contributed by atoms with Gasteiger partial charge in [-0.05, 0) is 30.3 Å². The molecule has 234 valence electrons. The zero-order valence-corrected chi connectivity index (χ0v) is 25.8. The Morgan fingerprint density at radius 3 is 1.34 bits per heavy atom. The molecule has 0 spiro atoms. The SMILES string of the molecule is CCCC[PH](CCCC)(CCCC)CCCC.O=C(O)c1ccc(C(F)(F)F)cc1O.O=C(O)c1ccccc1O. The first-order valence-electron chi connectivity index (χ1n) is 14.4. The van der Waals surface area contributed by atoms with Crippen molar-refractivity contribution in [3.05, 3.63) is 59.2 Å². The monoisotopic (exact) mass is 604 g/mol. The summed E-state index contributed by atoms with van der Waals surface area (Å²) in [5.41, 5.74) is -1.71. The van der Waals surface area contributed by atoms with Gasteiger partial charge in [-0.3, -0.25) is 0 Å². The first-order valence-corrected chi connectivity index (χ1v) is 17.3. The van der Waals surface area contributed by atoms with Gasteiger partial charge in [-0.15, -0.1) is 0 Å². The second kappa shape index (κ2) is 20.1. The second-order valence-corrected chi connectivity index (χ2v) is 15.3. The van der Waals surface area contributed by atoms with Crippen molar-refractivity contribution in [2.75, 3.05) is 24.6 Å². The number of rotatable bonds is 14. The van der Waals surface area contributed by atoms with Crippen LogP contribution < -0.4 is 0 Å². The van der Waals surface area contributed by atoms with E-state index in [1.807, 2.05) is 0 Å². The van der Waals surface area contributed by atoms with Crippen molar-refractivity contribution >= 4 is 19.2 Å². The Labute approximate surface area is 243 Å².